The lowest BCUT2D eigenvalue weighted by molar-refractivity contribution is -0.274. The van der Waals surface area contributed by atoms with Gasteiger partial charge in [-0.05, 0) is 65.7 Å². The van der Waals surface area contributed by atoms with Gasteiger partial charge in [0.05, 0.1) is 6.54 Å². The number of rotatable bonds is 7. The first-order chi connectivity index (χ1) is 15.3. The molecule has 0 aliphatic carbocycles. The highest BCUT2D eigenvalue weighted by atomic mass is 19.4. The van der Waals surface area contributed by atoms with Gasteiger partial charge in [0.25, 0.3) is 0 Å². The molecular formula is C23H17F3N2O4. The molecule has 32 heavy (non-hydrogen) atoms. The van der Waals surface area contributed by atoms with Crippen molar-refractivity contribution < 1.29 is 32.5 Å². The number of nitrogens with zero attached hydrogens (tertiary/aromatic N) is 2. The number of carboxylic acid groups (broad SMARTS) is 1. The number of carboxylic acids is 1. The first-order valence-electron chi connectivity index (χ1n) is 9.56. The minimum atomic E-state index is -4.76. The van der Waals surface area contributed by atoms with E-state index in [0.29, 0.717) is 5.75 Å². The lowest BCUT2D eigenvalue weighted by Gasteiger charge is -2.12. The SMILES string of the molecule is O=C(O)c1cc2cc(-c3ccncc3)ccc2n1CCOc1ccc(OC(F)(F)F)cc1. The summed E-state index contributed by atoms with van der Waals surface area (Å²) < 4.78 is 47.8. The molecule has 2 heterocycles. The van der Waals surface area contributed by atoms with Crippen molar-refractivity contribution in [3.8, 4) is 22.6 Å². The normalized spacial score (nSPS) is 11.5. The Balaban J connectivity index is 1.51. The van der Waals surface area contributed by atoms with Gasteiger partial charge in [0.15, 0.2) is 0 Å². The summed E-state index contributed by atoms with van der Waals surface area (Å²) in [6.45, 7) is 0.357. The fraction of sp³-hybridized carbons (Fsp3) is 0.130. The molecule has 6 nitrogen and oxygen atoms in total. The Kier molecular flexibility index (Phi) is 5.72. The molecule has 0 saturated heterocycles. The van der Waals surface area contributed by atoms with E-state index in [-0.39, 0.29) is 24.6 Å². The van der Waals surface area contributed by atoms with Gasteiger partial charge in [0, 0.05) is 23.3 Å². The maximum Gasteiger partial charge on any atom is 0.573 e. The number of halogens is 3. The fourth-order valence-electron chi connectivity index (χ4n) is 3.41. The fourth-order valence-corrected chi connectivity index (χ4v) is 3.41. The van der Waals surface area contributed by atoms with E-state index in [1.807, 2.05) is 30.3 Å². The van der Waals surface area contributed by atoms with E-state index in [2.05, 4.69) is 9.72 Å². The Morgan fingerprint density at radius 2 is 1.62 bits per heavy atom. The van der Waals surface area contributed by atoms with Crippen LogP contribution in [0.4, 0.5) is 13.2 Å². The molecule has 0 amide bonds. The molecule has 0 unspecified atom stereocenters. The van der Waals surface area contributed by atoms with Crippen molar-refractivity contribution in [3.63, 3.8) is 0 Å². The van der Waals surface area contributed by atoms with Crippen LogP contribution in [0.2, 0.25) is 0 Å². The predicted octanol–water partition coefficient (Wildman–Crippen LogP) is 5.38. The molecule has 164 valence electrons. The molecule has 4 rings (SSSR count). The molecule has 2 aromatic carbocycles. The van der Waals surface area contributed by atoms with Gasteiger partial charge in [-0.3, -0.25) is 4.98 Å². The van der Waals surface area contributed by atoms with Crippen LogP contribution < -0.4 is 9.47 Å². The summed E-state index contributed by atoms with van der Waals surface area (Å²) in [4.78, 5) is 15.8. The quantitative estimate of drug-likeness (QED) is 0.416. The second-order valence-corrected chi connectivity index (χ2v) is 6.86. The summed E-state index contributed by atoms with van der Waals surface area (Å²) in [5.74, 6) is -1.08. The maximum absolute atomic E-state index is 12.2. The van der Waals surface area contributed by atoms with Gasteiger partial charge in [-0.25, -0.2) is 4.79 Å². The number of aromatic carboxylic acids is 1. The third kappa shape index (κ3) is 4.83. The summed E-state index contributed by atoms with van der Waals surface area (Å²) in [7, 11) is 0. The van der Waals surface area contributed by atoms with E-state index in [0.717, 1.165) is 34.2 Å². The number of alkyl halides is 3. The van der Waals surface area contributed by atoms with Crippen LogP contribution in [-0.4, -0.2) is 33.6 Å². The number of fused-ring (bicyclic) bond motifs is 1. The first-order valence-corrected chi connectivity index (χ1v) is 9.56. The maximum atomic E-state index is 12.2. The highest BCUT2D eigenvalue weighted by Gasteiger charge is 2.31. The number of carbonyl (C=O) groups is 1. The summed E-state index contributed by atoms with van der Waals surface area (Å²) in [6, 6.07) is 16.0. The van der Waals surface area contributed by atoms with Gasteiger partial charge in [0.1, 0.15) is 23.8 Å². The number of pyridine rings is 1. The monoisotopic (exact) mass is 442 g/mol. The Bertz CT molecular complexity index is 1240. The Labute approximate surface area is 180 Å². The standard InChI is InChI=1S/C23H17F3N2O4/c24-23(25,26)32-19-4-2-18(3-5-19)31-12-11-28-20-6-1-16(15-7-9-27-10-8-15)13-17(20)14-21(28)22(29)30/h1-10,13-14H,11-12H2,(H,29,30). The van der Waals surface area contributed by atoms with Gasteiger partial charge in [-0.1, -0.05) is 6.07 Å². The topological polar surface area (TPSA) is 73.6 Å². The summed E-state index contributed by atoms with van der Waals surface area (Å²) >= 11 is 0. The van der Waals surface area contributed by atoms with Crippen molar-refractivity contribution >= 4 is 16.9 Å². The van der Waals surface area contributed by atoms with E-state index in [1.54, 1.807) is 23.0 Å². The number of aromatic nitrogens is 2. The molecule has 0 saturated carbocycles. The Morgan fingerprint density at radius 3 is 2.28 bits per heavy atom. The van der Waals surface area contributed by atoms with Gasteiger partial charge in [0.2, 0.25) is 0 Å². The summed E-state index contributed by atoms with van der Waals surface area (Å²) in [6.07, 6.45) is -1.39. The zero-order chi connectivity index (χ0) is 22.7. The predicted molar refractivity (Wildman–Crippen MR) is 111 cm³/mol. The molecule has 0 spiro atoms. The van der Waals surface area contributed by atoms with Crippen molar-refractivity contribution in [1.82, 2.24) is 9.55 Å². The van der Waals surface area contributed by atoms with Crippen LogP contribution in [0.3, 0.4) is 0 Å². The van der Waals surface area contributed by atoms with Crippen LogP contribution in [0.15, 0.2) is 73.1 Å². The molecule has 1 N–H and O–H groups in total. The van der Waals surface area contributed by atoms with Crippen molar-refractivity contribution in [2.24, 2.45) is 0 Å². The van der Waals surface area contributed by atoms with Gasteiger partial charge < -0.3 is 19.1 Å². The Hall–Kier alpha value is -4.01. The van der Waals surface area contributed by atoms with E-state index in [9.17, 15) is 23.1 Å². The molecule has 9 heteroatoms. The minimum absolute atomic E-state index is 0.115. The molecule has 2 aromatic heterocycles. The molecule has 0 aliphatic rings. The minimum Gasteiger partial charge on any atom is -0.492 e. The van der Waals surface area contributed by atoms with Gasteiger partial charge >= 0.3 is 12.3 Å². The second kappa shape index (κ2) is 8.62. The van der Waals surface area contributed by atoms with Crippen molar-refractivity contribution in [2.45, 2.75) is 12.9 Å². The molecule has 0 aliphatic heterocycles. The van der Waals surface area contributed by atoms with E-state index >= 15 is 0 Å². The molecule has 0 fully saturated rings. The molecule has 0 radical (unpaired) electrons. The largest absolute Gasteiger partial charge is 0.573 e. The van der Waals surface area contributed by atoms with Gasteiger partial charge in [-0.2, -0.15) is 0 Å². The lowest BCUT2D eigenvalue weighted by atomic mass is 10.1. The molecule has 0 bridgehead atoms. The third-order valence-corrected chi connectivity index (χ3v) is 4.78. The average molecular weight is 442 g/mol. The number of hydrogen-bond donors (Lipinski definition) is 1. The van der Waals surface area contributed by atoms with Crippen LogP contribution in [0, 0.1) is 0 Å². The number of ether oxygens (including phenoxy) is 2. The van der Waals surface area contributed by atoms with E-state index in [1.165, 1.54) is 12.1 Å². The average Bonchev–Trinajstić information content (AvgIpc) is 3.13. The lowest BCUT2D eigenvalue weighted by Crippen LogP contribution is -2.17. The van der Waals surface area contributed by atoms with Crippen LogP contribution in [-0.2, 0) is 6.54 Å². The van der Waals surface area contributed by atoms with Crippen molar-refractivity contribution in [3.05, 3.63) is 78.8 Å². The molecule has 0 atom stereocenters. The van der Waals surface area contributed by atoms with Crippen molar-refractivity contribution in [2.75, 3.05) is 6.61 Å². The zero-order valence-electron chi connectivity index (χ0n) is 16.5. The summed E-state index contributed by atoms with van der Waals surface area (Å²) in [5.41, 5.74) is 2.75. The highest BCUT2D eigenvalue weighted by Crippen LogP contribution is 2.28. The Morgan fingerprint density at radius 1 is 0.938 bits per heavy atom. The molecular weight excluding hydrogens is 425 g/mol. The van der Waals surface area contributed by atoms with Crippen LogP contribution in [0.25, 0.3) is 22.0 Å². The third-order valence-electron chi connectivity index (χ3n) is 4.78. The molecule has 4 aromatic rings. The number of hydrogen-bond acceptors (Lipinski definition) is 4. The first kappa shape index (κ1) is 21.2. The van der Waals surface area contributed by atoms with Crippen LogP contribution in [0.1, 0.15) is 10.5 Å². The van der Waals surface area contributed by atoms with Gasteiger partial charge in [-0.15, -0.1) is 13.2 Å². The van der Waals surface area contributed by atoms with E-state index < -0.39 is 12.3 Å². The smallest absolute Gasteiger partial charge is 0.492 e. The van der Waals surface area contributed by atoms with Crippen molar-refractivity contribution in [1.29, 1.82) is 0 Å². The van der Waals surface area contributed by atoms with Crippen LogP contribution >= 0.6 is 0 Å². The van der Waals surface area contributed by atoms with E-state index in [4.69, 9.17) is 4.74 Å². The second-order valence-electron chi connectivity index (χ2n) is 6.86. The number of benzene rings is 2. The zero-order valence-corrected chi connectivity index (χ0v) is 16.5. The summed E-state index contributed by atoms with van der Waals surface area (Å²) in [5, 5.41) is 10.4. The highest BCUT2D eigenvalue weighted by molar-refractivity contribution is 5.96. The van der Waals surface area contributed by atoms with Crippen LogP contribution in [0.5, 0.6) is 11.5 Å².